The van der Waals surface area contributed by atoms with Crippen molar-refractivity contribution >= 4 is 23.4 Å². The number of anilines is 1. The minimum Gasteiger partial charge on any atom is -0.355 e. The quantitative estimate of drug-likeness (QED) is 0.537. The van der Waals surface area contributed by atoms with Gasteiger partial charge in [-0.05, 0) is 30.5 Å². The Morgan fingerprint density at radius 2 is 1.67 bits per heavy atom. The van der Waals surface area contributed by atoms with E-state index < -0.39 is 12.0 Å². The van der Waals surface area contributed by atoms with E-state index in [9.17, 15) is 18.0 Å². The molecule has 1 aromatic carbocycles. The van der Waals surface area contributed by atoms with Gasteiger partial charge in [-0.3, -0.25) is 9.69 Å². The van der Waals surface area contributed by atoms with Gasteiger partial charge in [-0.15, -0.1) is 15.3 Å². The molecule has 3 aromatic rings. The molecular formula is C25H28F3N7O. The summed E-state index contributed by atoms with van der Waals surface area (Å²) in [5.41, 5.74) is 1.22. The van der Waals surface area contributed by atoms with Gasteiger partial charge in [0.15, 0.2) is 5.65 Å². The van der Waals surface area contributed by atoms with Crippen molar-refractivity contribution in [2.75, 3.05) is 50.7 Å². The van der Waals surface area contributed by atoms with Crippen molar-refractivity contribution in [1.82, 2.24) is 29.6 Å². The molecule has 0 bridgehead atoms. The van der Waals surface area contributed by atoms with Crippen LogP contribution in [0.2, 0.25) is 0 Å². The van der Waals surface area contributed by atoms with Gasteiger partial charge in [-0.2, -0.15) is 17.7 Å². The van der Waals surface area contributed by atoms with Crippen molar-refractivity contribution in [3.8, 4) is 0 Å². The Bertz CT molecular complexity index is 1210. The number of fused-ring (bicyclic) bond motifs is 1. The second kappa shape index (κ2) is 10.3. The Kier molecular flexibility index (Phi) is 6.90. The van der Waals surface area contributed by atoms with Gasteiger partial charge in [-0.25, -0.2) is 0 Å². The van der Waals surface area contributed by atoms with Crippen molar-refractivity contribution in [1.29, 1.82) is 0 Å². The molecule has 190 valence electrons. The average molecular weight is 500 g/mol. The van der Waals surface area contributed by atoms with Crippen molar-refractivity contribution in [2.24, 2.45) is 5.92 Å². The maximum absolute atomic E-state index is 13.2. The monoisotopic (exact) mass is 499 g/mol. The van der Waals surface area contributed by atoms with Crippen LogP contribution in [-0.4, -0.2) is 81.3 Å². The predicted octanol–water partition coefficient (Wildman–Crippen LogP) is 3.22. The summed E-state index contributed by atoms with van der Waals surface area (Å²) in [6, 6.07) is 13.3. The van der Waals surface area contributed by atoms with Gasteiger partial charge in [0, 0.05) is 51.7 Å². The normalized spacial score (nSPS) is 18.4. The number of halogens is 3. The zero-order valence-electron chi connectivity index (χ0n) is 19.8. The first-order valence-electron chi connectivity index (χ1n) is 12.2. The van der Waals surface area contributed by atoms with E-state index in [1.807, 2.05) is 28.0 Å². The van der Waals surface area contributed by atoms with Crippen molar-refractivity contribution in [3.63, 3.8) is 0 Å². The van der Waals surface area contributed by atoms with Crippen LogP contribution >= 0.6 is 0 Å². The van der Waals surface area contributed by atoms with Gasteiger partial charge >= 0.3 is 6.18 Å². The van der Waals surface area contributed by atoms with Gasteiger partial charge in [0.1, 0.15) is 5.82 Å². The molecule has 0 unspecified atom stereocenters. The molecule has 0 atom stereocenters. The molecule has 8 nitrogen and oxygen atoms in total. The summed E-state index contributed by atoms with van der Waals surface area (Å²) in [6.45, 7) is 5.08. The molecule has 36 heavy (non-hydrogen) atoms. The lowest BCUT2D eigenvalue weighted by molar-refractivity contribution is -0.146. The summed E-state index contributed by atoms with van der Waals surface area (Å²) in [5, 5.41) is 10.9. The number of rotatable bonds is 5. The number of carbonyl (C=O) groups is 1. The molecule has 0 saturated carbocycles. The maximum atomic E-state index is 13.2. The topological polar surface area (TPSA) is 69.9 Å². The van der Waals surface area contributed by atoms with Gasteiger partial charge in [0.05, 0.1) is 0 Å². The van der Waals surface area contributed by atoms with Crippen LogP contribution in [0.3, 0.4) is 0 Å². The van der Waals surface area contributed by atoms with Crippen LogP contribution in [0.4, 0.5) is 19.0 Å². The maximum Gasteiger partial charge on any atom is 0.453 e. The van der Waals surface area contributed by atoms with Crippen LogP contribution < -0.4 is 4.90 Å². The highest BCUT2D eigenvalue weighted by molar-refractivity contribution is 5.79. The van der Waals surface area contributed by atoms with E-state index in [2.05, 4.69) is 44.5 Å². The van der Waals surface area contributed by atoms with Crippen molar-refractivity contribution in [3.05, 3.63) is 59.9 Å². The number of benzene rings is 1. The van der Waals surface area contributed by atoms with Crippen LogP contribution in [0.1, 0.15) is 24.2 Å². The number of amides is 1. The molecule has 4 heterocycles. The second-order valence-corrected chi connectivity index (χ2v) is 9.18. The zero-order valence-corrected chi connectivity index (χ0v) is 19.8. The SMILES string of the molecule is O=C(C1CCN(c2ccc3nnc(C(F)(F)F)n3n2)CC1)N1CCN(C/C=C/c2ccccc2)CC1. The molecule has 0 radical (unpaired) electrons. The lowest BCUT2D eigenvalue weighted by Crippen LogP contribution is -2.51. The fraction of sp³-hybridized carbons (Fsp3) is 0.440. The van der Waals surface area contributed by atoms with Gasteiger partial charge in [0.25, 0.3) is 5.82 Å². The fourth-order valence-corrected chi connectivity index (χ4v) is 4.79. The standard InChI is InChI=1S/C25H28F3N7O/c26-25(27,28)24-30-29-21-8-9-22(31-35(21)24)33-13-10-20(11-14-33)23(36)34-17-15-32(16-18-34)12-4-7-19-5-2-1-3-6-19/h1-9,20H,10-18H2/b7-4+. The summed E-state index contributed by atoms with van der Waals surface area (Å²) in [4.78, 5) is 19.3. The lowest BCUT2D eigenvalue weighted by atomic mass is 9.95. The Morgan fingerprint density at radius 1 is 0.944 bits per heavy atom. The highest BCUT2D eigenvalue weighted by atomic mass is 19.4. The molecule has 11 heteroatoms. The molecule has 2 fully saturated rings. The first-order valence-corrected chi connectivity index (χ1v) is 12.2. The number of alkyl halides is 3. The molecule has 0 aliphatic carbocycles. The third-order valence-corrected chi connectivity index (χ3v) is 6.83. The molecule has 2 saturated heterocycles. The van der Waals surface area contributed by atoms with E-state index in [-0.39, 0.29) is 17.5 Å². The summed E-state index contributed by atoms with van der Waals surface area (Å²) in [5.74, 6) is -0.610. The fourth-order valence-electron chi connectivity index (χ4n) is 4.79. The molecule has 0 spiro atoms. The number of aromatic nitrogens is 4. The highest BCUT2D eigenvalue weighted by Gasteiger charge is 2.38. The summed E-state index contributed by atoms with van der Waals surface area (Å²) >= 11 is 0. The van der Waals surface area contributed by atoms with Crippen LogP contribution in [-0.2, 0) is 11.0 Å². The number of piperazine rings is 1. The number of nitrogens with zero attached hydrogens (tertiary/aromatic N) is 7. The Hall–Kier alpha value is -3.47. The average Bonchev–Trinajstić information content (AvgIpc) is 3.34. The van der Waals surface area contributed by atoms with Gasteiger partial charge in [0.2, 0.25) is 5.91 Å². The minimum atomic E-state index is -4.63. The minimum absolute atomic E-state index is 0.0471. The smallest absolute Gasteiger partial charge is 0.355 e. The molecular weight excluding hydrogens is 471 g/mol. The summed E-state index contributed by atoms with van der Waals surface area (Å²) in [7, 11) is 0. The number of hydrogen-bond acceptors (Lipinski definition) is 6. The van der Waals surface area contributed by atoms with E-state index in [4.69, 9.17) is 0 Å². The molecule has 2 aromatic heterocycles. The van der Waals surface area contributed by atoms with Crippen LogP contribution in [0.15, 0.2) is 48.5 Å². The molecule has 2 aliphatic heterocycles. The third-order valence-electron chi connectivity index (χ3n) is 6.83. The first kappa shape index (κ1) is 24.2. The molecule has 1 amide bonds. The number of hydrogen-bond donors (Lipinski definition) is 0. The Morgan fingerprint density at radius 3 is 2.36 bits per heavy atom. The molecule has 2 aliphatic rings. The second-order valence-electron chi connectivity index (χ2n) is 9.18. The first-order chi connectivity index (χ1) is 17.4. The predicted molar refractivity (Wildman–Crippen MR) is 129 cm³/mol. The van der Waals surface area contributed by atoms with Crippen molar-refractivity contribution in [2.45, 2.75) is 19.0 Å². The molecule has 0 N–H and O–H groups in total. The van der Waals surface area contributed by atoms with E-state index in [1.165, 1.54) is 11.6 Å². The number of carbonyl (C=O) groups excluding carboxylic acids is 1. The third kappa shape index (κ3) is 5.35. The number of piperidine rings is 1. The summed E-state index contributed by atoms with van der Waals surface area (Å²) < 4.78 is 40.3. The van der Waals surface area contributed by atoms with Crippen LogP contribution in [0, 0.1) is 5.92 Å². The largest absolute Gasteiger partial charge is 0.453 e. The highest BCUT2D eigenvalue weighted by Crippen LogP contribution is 2.29. The van der Waals surface area contributed by atoms with Crippen molar-refractivity contribution < 1.29 is 18.0 Å². The van der Waals surface area contributed by atoms with E-state index in [1.54, 1.807) is 6.07 Å². The Labute approximate surface area is 207 Å². The molecule has 5 rings (SSSR count). The Balaban J connectivity index is 1.11. The van der Waals surface area contributed by atoms with Crippen LogP contribution in [0.25, 0.3) is 11.7 Å². The lowest BCUT2D eigenvalue weighted by Gasteiger charge is -2.38. The van der Waals surface area contributed by atoms with E-state index in [0.717, 1.165) is 24.1 Å². The summed E-state index contributed by atoms with van der Waals surface area (Å²) in [6.07, 6.45) is 0.934. The van der Waals surface area contributed by atoms with Gasteiger partial charge < -0.3 is 9.80 Å². The van der Waals surface area contributed by atoms with Gasteiger partial charge in [-0.1, -0.05) is 42.5 Å². The van der Waals surface area contributed by atoms with Crippen LogP contribution in [0.5, 0.6) is 0 Å². The zero-order chi connectivity index (χ0) is 25.1. The van der Waals surface area contributed by atoms with E-state index >= 15 is 0 Å². The van der Waals surface area contributed by atoms with E-state index in [0.29, 0.717) is 44.8 Å².